The minimum absolute atomic E-state index is 0.262. The Bertz CT molecular complexity index is 461. The maximum absolute atomic E-state index is 11.9. The molecule has 3 heteroatoms. The largest absolute Gasteiger partial charge is 0.493 e. The third kappa shape index (κ3) is 2.98. The van der Waals surface area contributed by atoms with Crippen molar-refractivity contribution in [3.8, 4) is 5.75 Å². The van der Waals surface area contributed by atoms with Gasteiger partial charge in [0, 0.05) is 25.2 Å². The standard InChI is InChI=1S/C16H20O3/c17-16-3-1-2-13-4-5-14(10-15(13)16)19-11-12-6-8-18-9-7-12/h4-5,10,12H,1-3,6-9,11H2. The van der Waals surface area contributed by atoms with Crippen LogP contribution in [-0.2, 0) is 11.2 Å². The Morgan fingerprint density at radius 3 is 2.89 bits per heavy atom. The average molecular weight is 260 g/mol. The number of benzene rings is 1. The summed E-state index contributed by atoms with van der Waals surface area (Å²) in [6.07, 6.45) is 4.82. The van der Waals surface area contributed by atoms with Gasteiger partial charge >= 0.3 is 0 Å². The number of aryl methyl sites for hydroxylation is 1. The molecule has 0 radical (unpaired) electrons. The van der Waals surface area contributed by atoms with Crippen molar-refractivity contribution in [3.63, 3.8) is 0 Å². The van der Waals surface area contributed by atoms with Crippen molar-refractivity contribution in [3.05, 3.63) is 29.3 Å². The molecule has 2 aliphatic rings. The smallest absolute Gasteiger partial charge is 0.163 e. The molecule has 1 aliphatic carbocycles. The molecule has 102 valence electrons. The molecular formula is C16H20O3. The highest BCUT2D eigenvalue weighted by atomic mass is 16.5. The zero-order valence-electron chi connectivity index (χ0n) is 11.2. The van der Waals surface area contributed by atoms with Crippen molar-refractivity contribution in [2.45, 2.75) is 32.1 Å². The van der Waals surface area contributed by atoms with Gasteiger partial charge in [0.2, 0.25) is 0 Å². The molecular weight excluding hydrogens is 240 g/mol. The van der Waals surface area contributed by atoms with Gasteiger partial charge in [-0.1, -0.05) is 6.07 Å². The van der Waals surface area contributed by atoms with Gasteiger partial charge in [0.1, 0.15) is 5.75 Å². The molecule has 1 aromatic carbocycles. The van der Waals surface area contributed by atoms with Gasteiger partial charge in [0.25, 0.3) is 0 Å². The molecule has 1 aliphatic heterocycles. The summed E-state index contributed by atoms with van der Waals surface area (Å²) in [6, 6.07) is 5.97. The van der Waals surface area contributed by atoms with E-state index in [0.29, 0.717) is 12.3 Å². The van der Waals surface area contributed by atoms with E-state index < -0.39 is 0 Å². The van der Waals surface area contributed by atoms with E-state index in [0.717, 1.165) is 56.8 Å². The van der Waals surface area contributed by atoms with Crippen LogP contribution in [0.3, 0.4) is 0 Å². The van der Waals surface area contributed by atoms with Crippen molar-refractivity contribution in [2.75, 3.05) is 19.8 Å². The number of rotatable bonds is 3. The summed E-state index contributed by atoms with van der Waals surface area (Å²) in [7, 11) is 0. The summed E-state index contributed by atoms with van der Waals surface area (Å²) in [5, 5.41) is 0. The maximum atomic E-state index is 11.9. The number of Topliss-reactive ketones (excluding diaryl/α,β-unsaturated/α-hetero) is 1. The Morgan fingerprint density at radius 2 is 2.05 bits per heavy atom. The van der Waals surface area contributed by atoms with Crippen LogP contribution in [-0.4, -0.2) is 25.6 Å². The third-order valence-corrected chi connectivity index (χ3v) is 4.06. The second-order valence-corrected chi connectivity index (χ2v) is 5.46. The van der Waals surface area contributed by atoms with Crippen LogP contribution < -0.4 is 4.74 Å². The van der Waals surface area contributed by atoms with E-state index in [2.05, 4.69) is 0 Å². The molecule has 3 rings (SSSR count). The van der Waals surface area contributed by atoms with E-state index in [1.54, 1.807) is 0 Å². The molecule has 0 aromatic heterocycles. The molecule has 3 nitrogen and oxygen atoms in total. The second-order valence-electron chi connectivity index (χ2n) is 5.46. The first kappa shape index (κ1) is 12.7. The van der Waals surface area contributed by atoms with Gasteiger partial charge in [-0.05, 0) is 49.3 Å². The lowest BCUT2D eigenvalue weighted by Gasteiger charge is -2.22. The van der Waals surface area contributed by atoms with E-state index in [1.807, 2.05) is 18.2 Å². The molecule has 1 fully saturated rings. The zero-order chi connectivity index (χ0) is 13.1. The topological polar surface area (TPSA) is 35.5 Å². The Kier molecular flexibility index (Phi) is 3.83. The molecule has 19 heavy (non-hydrogen) atoms. The van der Waals surface area contributed by atoms with Crippen LogP contribution in [0.2, 0.25) is 0 Å². The first-order valence-electron chi connectivity index (χ1n) is 7.19. The van der Waals surface area contributed by atoms with Crippen molar-refractivity contribution >= 4 is 5.78 Å². The molecule has 0 spiro atoms. The van der Waals surface area contributed by atoms with Crippen LogP contribution >= 0.6 is 0 Å². The van der Waals surface area contributed by atoms with Crippen molar-refractivity contribution in [1.82, 2.24) is 0 Å². The molecule has 0 amide bonds. The minimum Gasteiger partial charge on any atom is -0.493 e. The van der Waals surface area contributed by atoms with Gasteiger partial charge in [0.15, 0.2) is 5.78 Å². The number of carbonyl (C=O) groups is 1. The minimum atomic E-state index is 0.262. The highest BCUT2D eigenvalue weighted by Gasteiger charge is 2.18. The number of ketones is 1. The van der Waals surface area contributed by atoms with Crippen molar-refractivity contribution < 1.29 is 14.3 Å². The van der Waals surface area contributed by atoms with Gasteiger partial charge in [-0.25, -0.2) is 0 Å². The first-order valence-corrected chi connectivity index (χ1v) is 7.19. The Hall–Kier alpha value is -1.35. The van der Waals surface area contributed by atoms with Gasteiger partial charge in [-0.2, -0.15) is 0 Å². The monoisotopic (exact) mass is 260 g/mol. The Morgan fingerprint density at radius 1 is 1.21 bits per heavy atom. The highest BCUT2D eigenvalue weighted by Crippen LogP contribution is 2.26. The summed E-state index contributed by atoms with van der Waals surface area (Å²) in [5.41, 5.74) is 2.05. The van der Waals surface area contributed by atoms with Crippen LogP contribution in [0.4, 0.5) is 0 Å². The van der Waals surface area contributed by atoms with Crippen LogP contribution in [0.1, 0.15) is 41.6 Å². The van der Waals surface area contributed by atoms with E-state index >= 15 is 0 Å². The fraction of sp³-hybridized carbons (Fsp3) is 0.562. The summed E-state index contributed by atoms with van der Waals surface area (Å²) in [6.45, 7) is 2.42. The summed E-state index contributed by atoms with van der Waals surface area (Å²) in [4.78, 5) is 11.9. The van der Waals surface area contributed by atoms with Gasteiger partial charge in [-0.15, -0.1) is 0 Å². The average Bonchev–Trinajstić information content (AvgIpc) is 2.47. The predicted octanol–water partition coefficient (Wildman–Crippen LogP) is 3.01. The lowest BCUT2D eigenvalue weighted by Crippen LogP contribution is -2.21. The fourth-order valence-electron chi connectivity index (χ4n) is 2.82. The molecule has 0 saturated carbocycles. The van der Waals surface area contributed by atoms with E-state index in [4.69, 9.17) is 9.47 Å². The van der Waals surface area contributed by atoms with Crippen LogP contribution in [0.5, 0.6) is 5.75 Å². The molecule has 0 atom stereocenters. The molecule has 1 aromatic rings. The lowest BCUT2D eigenvalue weighted by molar-refractivity contribution is 0.0497. The Labute approximate surface area is 113 Å². The predicted molar refractivity (Wildman–Crippen MR) is 72.7 cm³/mol. The number of carbonyl (C=O) groups excluding carboxylic acids is 1. The molecule has 1 saturated heterocycles. The van der Waals surface area contributed by atoms with Gasteiger partial charge in [-0.3, -0.25) is 4.79 Å². The van der Waals surface area contributed by atoms with E-state index in [1.165, 1.54) is 5.56 Å². The highest BCUT2D eigenvalue weighted by molar-refractivity contribution is 5.98. The number of hydrogen-bond acceptors (Lipinski definition) is 3. The van der Waals surface area contributed by atoms with Crippen LogP contribution in [0.15, 0.2) is 18.2 Å². The molecule has 0 N–H and O–H groups in total. The number of ether oxygens (including phenoxy) is 2. The first-order chi connectivity index (χ1) is 9.33. The fourth-order valence-corrected chi connectivity index (χ4v) is 2.82. The number of hydrogen-bond donors (Lipinski definition) is 0. The second kappa shape index (κ2) is 5.74. The van der Waals surface area contributed by atoms with Crippen molar-refractivity contribution in [1.29, 1.82) is 0 Å². The van der Waals surface area contributed by atoms with Crippen LogP contribution in [0.25, 0.3) is 0 Å². The normalized spacial score (nSPS) is 20.1. The summed E-state index contributed by atoms with van der Waals surface area (Å²) < 4.78 is 11.2. The maximum Gasteiger partial charge on any atom is 0.163 e. The summed E-state index contributed by atoms with van der Waals surface area (Å²) in [5.74, 6) is 1.68. The van der Waals surface area contributed by atoms with Gasteiger partial charge in [0.05, 0.1) is 6.61 Å². The molecule has 1 heterocycles. The van der Waals surface area contributed by atoms with E-state index in [-0.39, 0.29) is 5.78 Å². The SMILES string of the molecule is O=C1CCCc2ccc(OCC3CCOCC3)cc21. The van der Waals surface area contributed by atoms with Crippen molar-refractivity contribution in [2.24, 2.45) is 5.92 Å². The van der Waals surface area contributed by atoms with E-state index in [9.17, 15) is 4.79 Å². The number of fused-ring (bicyclic) bond motifs is 1. The third-order valence-electron chi connectivity index (χ3n) is 4.06. The van der Waals surface area contributed by atoms with Gasteiger partial charge < -0.3 is 9.47 Å². The van der Waals surface area contributed by atoms with Crippen LogP contribution in [0, 0.1) is 5.92 Å². The quantitative estimate of drug-likeness (QED) is 0.838. The molecule has 0 unspecified atom stereocenters. The lowest BCUT2D eigenvalue weighted by atomic mass is 9.90. The Balaban J connectivity index is 1.64. The molecule has 0 bridgehead atoms. The zero-order valence-corrected chi connectivity index (χ0v) is 11.2. The summed E-state index contributed by atoms with van der Waals surface area (Å²) >= 11 is 0.